The molecule has 2 fully saturated rings. The summed E-state index contributed by atoms with van der Waals surface area (Å²) < 4.78 is 0. The summed E-state index contributed by atoms with van der Waals surface area (Å²) in [4.78, 5) is 2.84. The van der Waals surface area contributed by atoms with Crippen molar-refractivity contribution in [2.24, 2.45) is 0 Å². The number of rotatable bonds is 3. The van der Waals surface area contributed by atoms with Gasteiger partial charge in [0.05, 0.1) is 0 Å². The topological polar surface area (TPSA) is 15.3 Å². The first-order chi connectivity index (χ1) is 7.72. The predicted molar refractivity (Wildman–Crippen MR) is 69.7 cm³/mol. The van der Waals surface area contributed by atoms with Gasteiger partial charge in [-0.1, -0.05) is 13.8 Å². The summed E-state index contributed by atoms with van der Waals surface area (Å²) in [5, 5.41) is 3.71. The highest BCUT2D eigenvalue weighted by atomic mass is 15.3. The van der Waals surface area contributed by atoms with Crippen LogP contribution in [0.4, 0.5) is 0 Å². The molecular formula is C14H28N2. The first-order valence-corrected chi connectivity index (χ1v) is 7.22. The summed E-state index contributed by atoms with van der Waals surface area (Å²) >= 11 is 0. The Bertz CT molecular complexity index is 215. The summed E-state index contributed by atoms with van der Waals surface area (Å²) in [7, 11) is 0. The van der Waals surface area contributed by atoms with Crippen molar-refractivity contribution >= 4 is 0 Å². The third kappa shape index (κ3) is 2.14. The van der Waals surface area contributed by atoms with Crippen LogP contribution in [0.2, 0.25) is 0 Å². The molecule has 1 spiro atoms. The fraction of sp³-hybridized carbons (Fsp3) is 1.00. The van der Waals surface area contributed by atoms with E-state index in [4.69, 9.17) is 0 Å². The molecule has 2 aliphatic heterocycles. The summed E-state index contributed by atoms with van der Waals surface area (Å²) in [5.74, 6) is 0. The second kappa shape index (κ2) is 5.05. The van der Waals surface area contributed by atoms with Gasteiger partial charge in [0.25, 0.3) is 0 Å². The molecule has 2 atom stereocenters. The normalized spacial score (nSPS) is 36.4. The molecular weight excluding hydrogens is 196 g/mol. The molecule has 2 rings (SSSR count). The number of likely N-dealkylation sites (tertiary alicyclic amines) is 1. The fourth-order valence-electron chi connectivity index (χ4n) is 3.76. The molecule has 0 bridgehead atoms. The number of hydrogen-bond donors (Lipinski definition) is 1. The second-order valence-corrected chi connectivity index (χ2v) is 5.81. The monoisotopic (exact) mass is 224 g/mol. The largest absolute Gasteiger partial charge is 0.312 e. The Morgan fingerprint density at radius 3 is 2.62 bits per heavy atom. The average Bonchev–Trinajstić information content (AvgIpc) is 2.69. The van der Waals surface area contributed by atoms with Crippen LogP contribution in [0.1, 0.15) is 59.3 Å². The van der Waals surface area contributed by atoms with Gasteiger partial charge in [-0.25, -0.2) is 0 Å². The van der Waals surface area contributed by atoms with Gasteiger partial charge < -0.3 is 5.32 Å². The summed E-state index contributed by atoms with van der Waals surface area (Å²) in [5.41, 5.74) is 0.517. The van der Waals surface area contributed by atoms with Gasteiger partial charge in [-0.15, -0.1) is 0 Å². The molecule has 2 aliphatic rings. The minimum atomic E-state index is 0.517. The van der Waals surface area contributed by atoms with Crippen molar-refractivity contribution in [3.63, 3.8) is 0 Å². The molecule has 0 saturated carbocycles. The smallest absolute Gasteiger partial charge is 0.0338 e. The van der Waals surface area contributed by atoms with Crippen molar-refractivity contribution < 1.29 is 0 Å². The second-order valence-electron chi connectivity index (χ2n) is 5.81. The molecule has 0 aromatic rings. The maximum Gasteiger partial charge on any atom is 0.0338 e. The highest BCUT2D eigenvalue weighted by Gasteiger charge is 2.44. The van der Waals surface area contributed by atoms with Gasteiger partial charge in [0.15, 0.2) is 0 Å². The molecule has 0 amide bonds. The van der Waals surface area contributed by atoms with E-state index in [-0.39, 0.29) is 0 Å². The first-order valence-electron chi connectivity index (χ1n) is 7.22. The van der Waals surface area contributed by atoms with Crippen molar-refractivity contribution in [3.8, 4) is 0 Å². The standard InChI is InChI=1S/C14H28N2/c1-4-13(5-2)16-10-6-8-14(16)9-7-12(3)15-11-14/h12-13,15H,4-11H2,1-3H3. The molecule has 16 heavy (non-hydrogen) atoms. The molecule has 2 nitrogen and oxygen atoms in total. The Kier molecular flexibility index (Phi) is 3.91. The van der Waals surface area contributed by atoms with E-state index in [0.29, 0.717) is 5.54 Å². The molecule has 0 aliphatic carbocycles. The number of nitrogens with zero attached hydrogens (tertiary/aromatic N) is 1. The highest BCUT2D eigenvalue weighted by molar-refractivity contribution is 5.02. The quantitative estimate of drug-likeness (QED) is 0.793. The summed E-state index contributed by atoms with van der Waals surface area (Å²) in [6, 6.07) is 1.55. The lowest BCUT2D eigenvalue weighted by Crippen LogP contribution is -2.59. The summed E-state index contributed by atoms with van der Waals surface area (Å²) in [6.45, 7) is 9.58. The third-order valence-corrected chi connectivity index (χ3v) is 4.86. The maximum atomic E-state index is 3.71. The van der Waals surface area contributed by atoms with E-state index in [1.807, 2.05) is 0 Å². The van der Waals surface area contributed by atoms with E-state index in [1.54, 1.807) is 0 Å². The molecule has 2 unspecified atom stereocenters. The molecule has 94 valence electrons. The minimum Gasteiger partial charge on any atom is -0.312 e. The van der Waals surface area contributed by atoms with Crippen LogP contribution >= 0.6 is 0 Å². The van der Waals surface area contributed by atoms with Crippen molar-refractivity contribution in [2.75, 3.05) is 13.1 Å². The van der Waals surface area contributed by atoms with Gasteiger partial charge in [-0.2, -0.15) is 0 Å². The zero-order valence-electron chi connectivity index (χ0n) is 11.3. The third-order valence-electron chi connectivity index (χ3n) is 4.86. The van der Waals surface area contributed by atoms with Gasteiger partial charge in [0.2, 0.25) is 0 Å². The Morgan fingerprint density at radius 2 is 2.06 bits per heavy atom. The molecule has 0 aromatic heterocycles. The van der Waals surface area contributed by atoms with Gasteiger partial charge in [0, 0.05) is 24.2 Å². The lowest BCUT2D eigenvalue weighted by atomic mass is 9.84. The average molecular weight is 224 g/mol. The first kappa shape index (κ1) is 12.4. The Morgan fingerprint density at radius 1 is 1.31 bits per heavy atom. The van der Waals surface area contributed by atoms with Crippen LogP contribution < -0.4 is 5.32 Å². The van der Waals surface area contributed by atoms with Crippen LogP contribution in [-0.4, -0.2) is 35.6 Å². The summed E-state index contributed by atoms with van der Waals surface area (Å²) in [6.07, 6.45) is 8.23. The Labute approximate surface area is 101 Å². The zero-order chi connectivity index (χ0) is 11.6. The number of nitrogens with one attached hydrogen (secondary N) is 1. The van der Waals surface area contributed by atoms with Crippen molar-refractivity contribution in [1.29, 1.82) is 0 Å². The zero-order valence-corrected chi connectivity index (χ0v) is 11.3. The van der Waals surface area contributed by atoms with E-state index in [1.165, 1.54) is 51.6 Å². The Balaban J connectivity index is 2.07. The van der Waals surface area contributed by atoms with Crippen molar-refractivity contribution in [3.05, 3.63) is 0 Å². The van der Waals surface area contributed by atoms with Gasteiger partial charge in [-0.3, -0.25) is 4.90 Å². The van der Waals surface area contributed by atoms with Gasteiger partial charge in [-0.05, 0) is 52.0 Å². The minimum absolute atomic E-state index is 0.517. The SMILES string of the molecule is CCC(CC)N1CCCC12CCC(C)NC2. The maximum absolute atomic E-state index is 3.71. The molecule has 0 radical (unpaired) electrons. The lowest BCUT2D eigenvalue weighted by molar-refractivity contribution is 0.0502. The van der Waals surface area contributed by atoms with Crippen molar-refractivity contribution in [1.82, 2.24) is 10.2 Å². The van der Waals surface area contributed by atoms with Crippen molar-refractivity contribution in [2.45, 2.75) is 76.9 Å². The van der Waals surface area contributed by atoms with E-state index >= 15 is 0 Å². The van der Waals surface area contributed by atoms with Crippen LogP contribution in [0.25, 0.3) is 0 Å². The van der Waals surface area contributed by atoms with Crippen LogP contribution in [0, 0.1) is 0 Å². The predicted octanol–water partition coefficient (Wildman–Crippen LogP) is 2.78. The van der Waals surface area contributed by atoms with Gasteiger partial charge >= 0.3 is 0 Å². The number of piperidine rings is 1. The molecule has 2 saturated heterocycles. The highest BCUT2D eigenvalue weighted by Crippen LogP contribution is 2.38. The van der Waals surface area contributed by atoms with E-state index < -0.39 is 0 Å². The molecule has 0 aromatic carbocycles. The fourth-order valence-corrected chi connectivity index (χ4v) is 3.76. The molecule has 1 N–H and O–H groups in total. The number of hydrogen-bond acceptors (Lipinski definition) is 2. The van der Waals surface area contributed by atoms with E-state index in [9.17, 15) is 0 Å². The Hall–Kier alpha value is -0.0800. The van der Waals surface area contributed by atoms with Crippen LogP contribution in [0.5, 0.6) is 0 Å². The lowest BCUT2D eigenvalue weighted by Gasteiger charge is -2.47. The molecule has 2 heterocycles. The van der Waals surface area contributed by atoms with E-state index in [0.717, 1.165) is 12.1 Å². The van der Waals surface area contributed by atoms with Crippen LogP contribution in [-0.2, 0) is 0 Å². The van der Waals surface area contributed by atoms with Gasteiger partial charge in [0.1, 0.15) is 0 Å². The van der Waals surface area contributed by atoms with Crippen LogP contribution in [0.15, 0.2) is 0 Å². The van der Waals surface area contributed by atoms with E-state index in [2.05, 4.69) is 31.0 Å². The molecule has 2 heteroatoms. The van der Waals surface area contributed by atoms with Crippen LogP contribution in [0.3, 0.4) is 0 Å².